The van der Waals surface area contributed by atoms with Crippen molar-refractivity contribution in [1.82, 2.24) is 19.5 Å². The van der Waals surface area contributed by atoms with Crippen LogP contribution in [0.3, 0.4) is 0 Å². The molecule has 2 aromatic heterocycles. The number of anilines is 1. The predicted molar refractivity (Wildman–Crippen MR) is 106 cm³/mol. The lowest BCUT2D eigenvalue weighted by Gasteiger charge is -2.39. The van der Waals surface area contributed by atoms with E-state index in [1.165, 1.54) is 15.9 Å². The molecule has 1 fully saturated rings. The fraction of sp³-hybridized carbons (Fsp3) is 0.667. The summed E-state index contributed by atoms with van der Waals surface area (Å²) in [6, 6.07) is 1.55. The minimum atomic E-state index is -0.510. The molecule has 0 bridgehead atoms. The molecule has 0 aromatic carbocycles. The Hall–Kier alpha value is -2.16. The van der Waals surface area contributed by atoms with Crippen LogP contribution in [0.2, 0.25) is 0 Å². The van der Waals surface area contributed by atoms with Gasteiger partial charge in [0.1, 0.15) is 5.60 Å². The minimum Gasteiger partial charge on any atom is -0.444 e. The molecule has 148 valence electrons. The fourth-order valence-corrected chi connectivity index (χ4v) is 4.04. The SMILES string of the molecule is CCCc1cc(=O)n2nc(N3CCN(C(=O)OC(C)(C)C)[C@H](C)C3)sc2n1. The molecular formula is C18H27N5O3S. The Labute approximate surface area is 162 Å². The zero-order valence-electron chi connectivity index (χ0n) is 16.6. The number of piperazine rings is 1. The van der Waals surface area contributed by atoms with E-state index in [-0.39, 0.29) is 17.7 Å². The van der Waals surface area contributed by atoms with Crippen LogP contribution in [0.5, 0.6) is 0 Å². The first-order valence-corrected chi connectivity index (χ1v) is 10.1. The Morgan fingerprint density at radius 1 is 1.37 bits per heavy atom. The highest BCUT2D eigenvalue weighted by molar-refractivity contribution is 7.20. The lowest BCUT2D eigenvalue weighted by Crippen LogP contribution is -2.55. The number of amides is 1. The van der Waals surface area contributed by atoms with Crippen LogP contribution in [0.25, 0.3) is 4.96 Å². The van der Waals surface area contributed by atoms with Gasteiger partial charge >= 0.3 is 6.09 Å². The van der Waals surface area contributed by atoms with Crippen LogP contribution < -0.4 is 10.5 Å². The molecule has 0 aliphatic carbocycles. The first-order chi connectivity index (χ1) is 12.7. The summed E-state index contributed by atoms with van der Waals surface area (Å²) < 4.78 is 6.85. The second-order valence-electron chi connectivity index (χ2n) is 7.88. The predicted octanol–water partition coefficient (Wildman–Crippen LogP) is 2.55. The van der Waals surface area contributed by atoms with Crippen LogP contribution in [-0.4, -0.2) is 56.9 Å². The molecule has 3 rings (SSSR count). The Morgan fingerprint density at radius 3 is 2.74 bits per heavy atom. The van der Waals surface area contributed by atoms with Crippen LogP contribution in [-0.2, 0) is 11.2 Å². The number of aryl methyl sites for hydroxylation is 1. The maximum atomic E-state index is 12.4. The molecule has 9 heteroatoms. The van der Waals surface area contributed by atoms with Crippen LogP contribution >= 0.6 is 11.3 Å². The van der Waals surface area contributed by atoms with Crippen molar-refractivity contribution in [3.05, 3.63) is 22.1 Å². The van der Waals surface area contributed by atoms with Gasteiger partial charge in [-0.05, 0) is 34.1 Å². The van der Waals surface area contributed by atoms with Crippen LogP contribution in [0.4, 0.5) is 9.93 Å². The van der Waals surface area contributed by atoms with Crippen molar-refractivity contribution >= 4 is 27.5 Å². The highest BCUT2D eigenvalue weighted by Crippen LogP contribution is 2.25. The van der Waals surface area contributed by atoms with Crippen molar-refractivity contribution in [3.8, 4) is 0 Å². The standard InChI is InChI=1S/C18H27N5O3S/c1-6-7-13-10-14(24)23-15(19-13)27-16(20-23)21-8-9-22(12(2)11-21)17(25)26-18(3,4)5/h10,12H,6-9,11H2,1-5H3/t12-/m1/s1. The molecule has 2 aromatic rings. The molecule has 1 aliphatic heterocycles. The van der Waals surface area contributed by atoms with E-state index in [0.717, 1.165) is 23.7 Å². The number of nitrogens with zero attached hydrogens (tertiary/aromatic N) is 5. The maximum Gasteiger partial charge on any atom is 0.410 e. The van der Waals surface area contributed by atoms with E-state index >= 15 is 0 Å². The molecule has 8 nitrogen and oxygen atoms in total. The van der Waals surface area contributed by atoms with Gasteiger partial charge in [0.25, 0.3) is 5.56 Å². The average molecular weight is 394 g/mol. The highest BCUT2D eigenvalue weighted by Gasteiger charge is 2.32. The summed E-state index contributed by atoms with van der Waals surface area (Å²) in [4.78, 5) is 33.7. The maximum absolute atomic E-state index is 12.4. The number of carbonyl (C=O) groups excluding carboxylic acids is 1. The quantitative estimate of drug-likeness (QED) is 0.797. The van der Waals surface area contributed by atoms with Gasteiger partial charge < -0.3 is 14.5 Å². The molecular weight excluding hydrogens is 366 g/mol. The molecule has 0 N–H and O–H groups in total. The Morgan fingerprint density at radius 2 is 2.11 bits per heavy atom. The van der Waals surface area contributed by atoms with Crippen molar-refractivity contribution in [1.29, 1.82) is 0 Å². The monoisotopic (exact) mass is 393 g/mol. The van der Waals surface area contributed by atoms with E-state index in [1.807, 2.05) is 27.7 Å². The number of ether oxygens (including phenoxy) is 1. The van der Waals surface area contributed by atoms with Gasteiger partial charge in [-0.2, -0.15) is 4.52 Å². The van der Waals surface area contributed by atoms with E-state index < -0.39 is 5.60 Å². The molecule has 1 amide bonds. The summed E-state index contributed by atoms with van der Waals surface area (Å²) in [5, 5.41) is 5.21. The number of hydrogen-bond donors (Lipinski definition) is 0. The van der Waals surface area contributed by atoms with Crippen LogP contribution in [0.1, 0.15) is 46.7 Å². The van der Waals surface area contributed by atoms with Crippen molar-refractivity contribution in [2.45, 2.75) is 59.1 Å². The smallest absolute Gasteiger partial charge is 0.410 e. The number of carbonyl (C=O) groups is 1. The largest absolute Gasteiger partial charge is 0.444 e. The zero-order valence-corrected chi connectivity index (χ0v) is 17.4. The van der Waals surface area contributed by atoms with Gasteiger partial charge in [-0.1, -0.05) is 24.7 Å². The Bertz CT molecular complexity index is 885. The molecule has 1 aliphatic rings. The third kappa shape index (κ3) is 4.40. The Kier molecular flexibility index (Phi) is 5.41. The summed E-state index contributed by atoms with van der Waals surface area (Å²) in [6.45, 7) is 11.5. The van der Waals surface area contributed by atoms with Crippen molar-refractivity contribution in [3.63, 3.8) is 0 Å². The van der Waals surface area contributed by atoms with Crippen molar-refractivity contribution < 1.29 is 9.53 Å². The second-order valence-corrected chi connectivity index (χ2v) is 8.82. The minimum absolute atomic E-state index is 0.0130. The number of hydrogen-bond acceptors (Lipinski definition) is 7. The van der Waals surface area contributed by atoms with Crippen LogP contribution in [0, 0.1) is 0 Å². The van der Waals surface area contributed by atoms with E-state index in [9.17, 15) is 9.59 Å². The first kappa shape index (κ1) is 19.6. The summed E-state index contributed by atoms with van der Waals surface area (Å²) in [5.41, 5.74) is 0.150. The van der Waals surface area contributed by atoms with Gasteiger partial charge in [0.05, 0.1) is 0 Å². The van der Waals surface area contributed by atoms with Crippen molar-refractivity contribution in [2.75, 3.05) is 24.5 Å². The summed E-state index contributed by atoms with van der Waals surface area (Å²) in [6.07, 6.45) is 1.43. The third-order valence-corrected chi connectivity index (χ3v) is 5.29. The highest BCUT2D eigenvalue weighted by atomic mass is 32.1. The normalized spacial score (nSPS) is 18.2. The van der Waals surface area contributed by atoms with Gasteiger partial charge in [-0.25, -0.2) is 9.78 Å². The summed E-state index contributed by atoms with van der Waals surface area (Å²) >= 11 is 1.41. The molecule has 1 atom stereocenters. The van der Waals surface area contributed by atoms with Gasteiger partial charge in [0.15, 0.2) is 0 Å². The molecule has 0 saturated carbocycles. The van der Waals surface area contributed by atoms with E-state index in [4.69, 9.17) is 4.74 Å². The molecule has 0 spiro atoms. The molecule has 0 unspecified atom stereocenters. The van der Waals surface area contributed by atoms with E-state index in [0.29, 0.717) is 24.6 Å². The fourth-order valence-electron chi connectivity index (χ4n) is 3.08. The lowest BCUT2D eigenvalue weighted by molar-refractivity contribution is 0.0159. The number of aromatic nitrogens is 3. The van der Waals surface area contributed by atoms with Crippen molar-refractivity contribution in [2.24, 2.45) is 0 Å². The summed E-state index contributed by atoms with van der Waals surface area (Å²) in [7, 11) is 0. The van der Waals surface area contributed by atoms with Gasteiger partial charge in [0.2, 0.25) is 10.1 Å². The molecule has 3 heterocycles. The van der Waals surface area contributed by atoms with Gasteiger partial charge in [-0.3, -0.25) is 4.79 Å². The molecule has 27 heavy (non-hydrogen) atoms. The van der Waals surface area contributed by atoms with Gasteiger partial charge in [-0.15, -0.1) is 5.10 Å². The van der Waals surface area contributed by atoms with Crippen LogP contribution in [0.15, 0.2) is 10.9 Å². The molecule has 1 saturated heterocycles. The molecule has 0 radical (unpaired) electrons. The van der Waals surface area contributed by atoms with E-state index in [1.54, 1.807) is 11.0 Å². The Balaban J connectivity index is 1.76. The van der Waals surface area contributed by atoms with Gasteiger partial charge in [0, 0.05) is 37.4 Å². The first-order valence-electron chi connectivity index (χ1n) is 9.32. The average Bonchev–Trinajstić information content (AvgIpc) is 2.98. The second kappa shape index (κ2) is 7.46. The summed E-state index contributed by atoms with van der Waals surface area (Å²) in [5.74, 6) is 0. The number of fused-ring (bicyclic) bond motifs is 1. The number of rotatable bonds is 3. The van der Waals surface area contributed by atoms with E-state index in [2.05, 4.69) is 21.9 Å². The lowest BCUT2D eigenvalue weighted by atomic mass is 10.2. The topological polar surface area (TPSA) is 80.0 Å². The zero-order chi connectivity index (χ0) is 19.8. The third-order valence-electron chi connectivity index (χ3n) is 4.32.